The van der Waals surface area contributed by atoms with Gasteiger partial charge in [0.25, 0.3) is 0 Å². The monoisotopic (exact) mass is 470 g/mol. The fourth-order valence-electron chi connectivity index (χ4n) is 2.60. The molecular weight excluding hydrogens is 439 g/mol. The van der Waals surface area contributed by atoms with E-state index in [1.54, 1.807) is 13.3 Å². The summed E-state index contributed by atoms with van der Waals surface area (Å²) in [5.74, 6) is 2.20. The number of halogens is 1. The molecule has 0 amide bonds. The third-order valence-electron chi connectivity index (χ3n) is 4.46. The van der Waals surface area contributed by atoms with E-state index in [2.05, 4.69) is 53.5 Å². The first-order valence-corrected chi connectivity index (χ1v) is 9.12. The van der Waals surface area contributed by atoms with Gasteiger partial charge >= 0.3 is 0 Å². The molecule has 0 aliphatic heterocycles. The maximum absolute atomic E-state index is 5.60. The molecule has 0 aliphatic carbocycles. The summed E-state index contributed by atoms with van der Waals surface area (Å²) < 4.78 is 5.60. The van der Waals surface area contributed by atoms with Crippen LogP contribution in [0.1, 0.15) is 37.9 Å². The highest BCUT2D eigenvalue weighted by Crippen LogP contribution is 2.19. The molecule has 1 heterocycles. The smallest absolute Gasteiger partial charge is 0.226 e. The number of guanidine groups is 1. The molecule has 6 heteroatoms. The minimum absolute atomic E-state index is 0. The number of aromatic nitrogens is 1. The number of aliphatic imine (C=N–C) groups is 1. The molecule has 0 saturated carbocycles. The average Bonchev–Trinajstić information content (AvgIpc) is 3.10. The van der Waals surface area contributed by atoms with Crippen LogP contribution in [0.2, 0.25) is 0 Å². The van der Waals surface area contributed by atoms with Crippen molar-refractivity contribution < 1.29 is 4.42 Å². The van der Waals surface area contributed by atoms with Crippen LogP contribution in [0.5, 0.6) is 0 Å². The van der Waals surface area contributed by atoms with Gasteiger partial charge in [0.1, 0.15) is 6.26 Å². The Hall–Kier alpha value is -1.57. The van der Waals surface area contributed by atoms with Gasteiger partial charge in [-0.1, -0.05) is 44.4 Å². The predicted octanol–water partition coefficient (Wildman–Crippen LogP) is 4.41. The van der Waals surface area contributed by atoms with E-state index >= 15 is 0 Å². The Morgan fingerprint density at radius 3 is 2.46 bits per heavy atom. The molecule has 0 radical (unpaired) electrons. The van der Waals surface area contributed by atoms with Gasteiger partial charge in [0.15, 0.2) is 5.96 Å². The van der Waals surface area contributed by atoms with Gasteiger partial charge in [-0.15, -0.1) is 24.0 Å². The molecule has 2 rings (SSSR count). The SMILES string of the molecule is CCC(CC)CNC(=NC)NCCc1coc(-c2ccc(C)cc2)n1.I. The van der Waals surface area contributed by atoms with E-state index in [0.717, 1.165) is 36.7 Å². The Morgan fingerprint density at radius 2 is 1.85 bits per heavy atom. The van der Waals surface area contributed by atoms with Crippen molar-refractivity contribution in [1.29, 1.82) is 0 Å². The highest BCUT2D eigenvalue weighted by atomic mass is 127. The number of benzene rings is 1. The summed E-state index contributed by atoms with van der Waals surface area (Å²) in [5, 5.41) is 6.72. The van der Waals surface area contributed by atoms with E-state index in [1.165, 1.54) is 18.4 Å². The zero-order chi connectivity index (χ0) is 18.1. The average molecular weight is 470 g/mol. The van der Waals surface area contributed by atoms with Crippen LogP contribution in [0.25, 0.3) is 11.5 Å². The molecule has 0 atom stereocenters. The summed E-state index contributed by atoms with van der Waals surface area (Å²) in [6, 6.07) is 8.20. The number of nitrogens with zero attached hydrogens (tertiary/aromatic N) is 2. The van der Waals surface area contributed by atoms with E-state index in [0.29, 0.717) is 11.8 Å². The van der Waals surface area contributed by atoms with E-state index in [-0.39, 0.29) is 24.0 Å². The van der Waals surface area contributed by atoms with Crippen molar-refractivity contribution in [3.63, 3.8) is 0 Å². The Morgan fingerprint density at radius 1 is 1.15 bits per heavy atom. The maximum Gasteiger partial charge on any atom is 0.226 e. The third kappa shape index (κ3) is 6.97. The van der Waals surface area contributed by atoms with Gasteiger partial charge in [0.05, 0.1) is 5.69 Å². The minimum Gasteiger partial charge on any atom is -0.444 e. The van der Waals surface area contributed by atoms with Gasteiger partial charge in [0.2, 0.25) is 5.89 Å². The van der Waals surface area contributed by atoms with Crippen LogP contribution in [0.3, 0.4) is 0 Å². The Balaban J connectivity index is 0.00000338. The summed E-state index contributed by atoms with van der Waals surface area (Å²) in [7, 11) is 1.80. The fraction of sp³-hybridized carbons (Fsp3) is 0.500. The van der Waals surface area contributed by atoms with Gasteiger partial charge in [-0.3, -0.25) is 4.99 Å². The summed E-state index contributed by atoms with van der Waals surface area (Å²) in [5.41, 5.74) is 3.18. The molecule has 26 heavy (non-hydrogen) atoms. The second-order valence-electron chi connectivity index (χ2n) is 6.32. The lowest BCUT2D eigenvalue weighted by molar-refractivity contribution is 0.481. The molecule has 0 fully saturated rings. The number of hydrogen-bond donors (Lipinski definition) is 2. The van der Waals surface area contributed by atoms with Crippen molar-refractivity contribution in [2.45, 2.75) is 40.0 Å². The van der Waals surface area contributed by atoms with Gasteiger partial charge in [-0.2, -0.15) is 0 Å². The van der Waals surface area contributed by atoms with Crippen LogP contribution < -0.4 is 10.6 Å². The fourth-order valence-corrected chi connectivity index (χ4v) is 2.60. The number of hydrogen-bond acceptors (Lipinski definition) is 3. The van der Waals surface area contributed by atoms with Gasteiger partial charge in [-0.05, 0) is 25.0 Å². The van der Waals surface area contributed by atoms with Crippen LogP contribution in [0.4, 0.5) is 0 Å². The van der Waals surface area contributed by atoms with E-state index in [4.69, 9.17) is 4.42 Å². The van der Waals surface area contributed by atoms with E-state index in [9.17, 15) is 0 Å². The minimum atomic E-state index is 0. The van der Waals surface area contributed by atoms with Crippen LogP contribution in [0.15, 0.2) is 39.9 Å². The first kappa shape index (κ1) is 22.5. The molecule has 1 aromatic heterocycles. The lowest BCUT2D eigenvalue weighted by Crippen LogP contribution is -2.40. The largest absolute Gasteiger partial charge is 0.444 e. The summed E-state index contributed by atoms with van der Waals surface area (Å²) in [6.07, 6.45) is 4.89. The molecule has 144 valence electrons. The highest BCUT2D eigenvalue weighted by Gasteiger charge is 2.08. The Bertz CT molecular complexity index is 663. The van der Waals surface area contributed by atoms with Gasteiger partial charge in [-0.25, -0.2) is 4.98 Å². The zero-order valence-electron chi connectivity index (χ0n) is 16.2. The second kappa shape index (κ2) is 11.9. The molecule has 0 bridgehead atoms. The van der Waals surface area contributed by atoms with Crippen molar-refractivity contribution in [3.05, 3.63) is 41.8 Å². The highest BCUT2D eigenvalue weighted by molar-refractivity contribution is 14.0. The number of rotatable bonds is 8. The van der Waals surface area contributed by atoms with Crippen LogP contribution in [-0.4, -0.2) is 31.1 Å². The molecular formula is C20H31IN4O. The lowest BCUT2D eigenvalue weighted by atomic mass is 10.0. The van der Waals surface area contributed by atoms with Crippen molar-refractivity contribution >= 4 is 29.9 Å². The van der Waals surface area contributed by atoms with Crippen molar-refractivity contribution in [2.24, 2.45) is 10.9 Å². The standard InChI is InChI=1S/C20H30N4O.HI/c1-5-16(6-2)13-23-20(21-4)22-12-11-18-14-25-19(24-18)17-9-7-15(3)8-10-17;/h7-10,14,16H,5-6,11-13H2,1-4H3,(H2,21,22,23);1H. The molecule has 1 aromatic carbocycles. The first-order valence-electron chi connectivity index (χ1n) is 9.12. The number of aryl methyl sites for hydroxylation is 1. The quantitative estimate of drug-likeness (QED) is 0.341. The third-order valence-corrected chi connectivity index (χ3v) is 4.46. The Labute approximate surface area is 174 Å². The van der Waals surface area contributed by atoms with E-state index < -0.39 is 0 Å². The summed E-state index contributed by atoms with van der Waals surface area (Å²) >= 11 is 0. The normalized spacial score (nSPS) is 11.3. The van der Waals surface area contributed by atoms with Crippen LogP contribution in [-0.2, 0) is 6.42 Å². The zero-order valence-corrected chi connectivity index (χ0v) is 18.5. The number of oxazole rings is 1. The summed E-state index contributed by atoms with van der Waals surface area (Å²) in [4.78, 5) is 8.84. The first-order chi connectivity index (χ1) is 12.2. The molecule has 0 unspecified atom stereocenters. The summed E-state index contributed by atoms with van der Waals surface area (Å²) in [6.45, 7) is 8.24. The topological polar surface area (TPSA) is 62.5 Å². The molecule has 2 N–H and O–H groups in total. The van der Waals surface area contributed by atoms with E-state index in [1.807, 2.05) is 12.1 Å². The molecule has 0 saturated heterocycles. The van der Waals surface area contributed by atoms with Crippen LogP contribution in [0, 0.1) is 12.8 Å². The molecule has 0 aliphatic rings. The van der Waals surface area contributed by atoms with Gasteiger partial charge in [0, 0.05) is 32.1 Å². The molecule has 5 nitrogen and oxygen atoms in total. The molecule has 0 spiro atoms. The lowest BCUT2D eigenvalue weighted by Gasteiger charge is -2.16. The van der Waals surface area contributed by atoms with Crippen molar-refractivity contribution in [1.82, 2.24) is 15.6 Å². The Kier molecular flexibility index (Phi) is 10.3. The van der Waals surface area contributed by atoms with Crippen LogP contribution >= 0.6 is 24.0 Å². The van der Waals surface area contributed by atoms with Crippen molar-refractivity contribution in [2.75, 3.05) is 20.1 Å². The van der Waals surface area contributed by atoms with Gasteiger partial charge < -0.3 is 15.1 Å². The second-order valence-corrected chi connectivity index (χ2v) is 6.32. The maximum atomic E-state index is 5.60. The molecule has 2 aromatic rings. The van der Waals surface area contributed by atoms with Crippen molar-refractivity contribution in [3.8, 4) is 11.5 Å². The predicted molar refractivity (Wildman–Crippen MR) is 119 cm³/mol. The number of nitrogens with one attached hydrogen (secondary N) is 2.